The minimum Gasteiger partial charge on any atom is -0.328 e. The van der Waals surface area contributed by atoms with E-state index in [-0.39, 0.29) is 12.7 Å². The van der Waals surface area contributed by atoms with E-state index in [4.69, 9.17) is 9.05 Å². The molecule has 0 aromatic carbocycles. The van der Waals surface area contributed by atoms with E-state index in [1.54, 1.807) is 0 Å². The maximum absolute atomic E-state index is 11.5. The van der Waals surface area contributed by atoms with Gasteiger partial charge in [0.25, 0.3) is 0 Å². The van der Waals surface area contributed by atoms with Crippen molar-refractivity contribution >= 4 is 7.82 Å². The molecule has 1 atom stereocenters. The normalized spacial score (nSPS) is 25.2. The number of likely N-dealkylation sites (tertiary alicyclic amines) is 1. The lowest BCUT2D eigenvalue weighted by atomic mass is 10.1. The molecule has 0 amide bonds. The van der Waals surface area contributed by atoms with Gasteiger partial charge in [0.2, 0.25) is 0 Å². The summed E-state index contributed by atoms with van der Waals surface area (Å²) >= 11 is 0. The molecular formula is C10H23NO4P+. The van der Waals surface area contributed by atoms with Crippen LogP contribution in [0.3, 0.4) is 0 Å². The molecule has 0 radical (unpaired) electrons. The topological polar surface area (TPSA) is 55.8 Å². The Bertz CT molecular complexity index is 260. The quantitative estimate of drug-likeness (QED) is 0.598. The smallest absolute Gasteiger partial charge is 0.328 e. The fraction of sp³-hybridized carbons (Fsp3) is 1.00. The Morgan fingerprint density at radius 2 is 1.94 bits per heavy atom. The Hall–Kier alpha value is 0.0700. The minimum atomic E-state index is -3.83. The average Bonchev–Trinajstić information content (AvgIpc) is 2.18. The van der Waals surface area contributed by atoms with Crippen molar-refractivity contribution in [2.24, 2.45) is 0 Å². The average molecular weight is 252 g/mol. The van der Waals surface area contributed by atoms with Crippen molar-refractivity contribution in [3.8, 4) is 0 Å². The molecule has 0 aliphatic carbocycles. The lowest BCUT2D eigenvalue weighted by molar-refractivity contribution is -0.896. The Morgan fingerprint density at radius 3 is 2.44 bits per heavy atom. The molecule has 0 aromatic rings. The molecule has 0 bridgehead atoms. The third-order valence-corrected chi connectivity index (χ3v) is 3.93. The largest absolute Gasteiger partial charge is 0.472 e. The maximum Gasteiger partial charge on any atom is 0.472 e. The minimum absolute atomic E-state index is 0.140. The summed E-state index contributed by atoms with van der Waals surface area (Å²) < 4.78 is 22.4. The van der Waals surface area contributed by atoms with Gasteiger partial charge in [0.1, 0.15) is 0 Å². The summed E-state index contributed by atoms with van der Waals surface area (Å²) in [4.78, 5) is 9.43. The summed E-state index contributed by atoms with van der Waals surface area (Å²) in [5.74, 6) is 0. The SMILES string of the molecule is CCCOP(=O)(O)OC1CC[N+](C)(C)CC1. The molecule has 1 fully saturated rings. The molecule has 0 aromatic heterocycles. The number of rotatable bonds is 5. The molecule has 1 N–H and O–H groups in total. The summed E-state index contributed by atoms with van der Waals surface area (Å²) in [6.07, 6.45) is 2.20. The molecule has 1 aliphatic heterocycles. The summed E-state index contributed by atoms with van der Waals surface area (Å²) in [6.45, 7) is 4.10. The molecular weight excluding hydrogens is 229 g/mol. The van der Waals surface area contributed by atoms with Gasteiger partial charge in [0.15, 0.2) is 0 Å². The van der Waals surface area contributed by atoms with Crippen molar-refractivity contribution in [2.75, 3.05) is 33.8 Å². The summed E-state index contributed by atoms with van der Waals surface area (Å²) in [6, 6.07) is 0. The first-order chi connectivity index (χ1) is 7.35. The second-order valence-electron chi connectivity index (χ2n) is 4.99. The van der Waals surface area contributed by atoms with Gasteiger partial charge >= 0.3 is 7.82 Å². The van der Waals surface area contributed by atoms with Crippen LogP contribution in [0.1, 0.15) is 26.2 Å². The predicted molar refractivity (Wildman–Crippen MR) is 62.0 cm³/mol. The highest BCUT2D eigenvalue weighted by Gasteiger charge is 2.32. The summed E-state index contributed by atoms with van der Waals surface area (Å²) in [7, 11) is 0.484. The number of piperidine rings is 1. The fourth-order valence-electron chi connectivity index (χ4n) is 1.77. The van der Waals surface area contributed by atoms with Crippen LogP contribution in [0, 0.1) is 0 Å². The van der Waals surface area contributed by atoms with Crippen LogP contribution >= 0.6 is 7.82 Å². The molecule has 96 valence electrons. The molecule has 5 nitrogen and oxygen atoms in total. The molecule has 0 saturated carbocycles. The van der Waals surface area contributed by atoms with Gasteiger partial charge < -0.3 is 9.38 Å². The van der Waals surface area contributed by atoms with Gasteiger partial charge in [-0.1, -0.05) is 6.92 Å². The van der Waals surface area contributed by atoms with Crippen LogP contribution in [-0.4, -0.2) is 49.3 Å². The molecule has 0 spiro atoms. The van der Waals surface area contributed by atoms with Crippen LogP contribution in [0.5, 0.6) is 0 Å². The highest BCUT2D eigenvalue weighted by Crippen LogP contribution is 2.46. The number of phosphoric ester groups is 1. The summed E-state index contributed by atoms with van der Waals surface area (Å²) in [5, 5.41) is 0. The molecule has 6 heteroatoms. The van der Waals surface area contributed by atoms with Crippen LogP contribution in [0.4, 0.5) is 0 Å². The van der Waals surface area contributed by atoms with Gasteiger partial charge in [0, 0.05) is 12.8 Å². The number of hydrogen-bond donors (Lipinski definition) is 1. The molecule has 16 heavy (non-hydrogen) atoms. The van der Waals surface area contributed by atoms with Crippen LogP contribution in [0.25, 0.3) is 0 Å². The van der Waals surface area contributed by atoms with Gasteiger partial charge in [-0.05, 0) is 6.42 Å². The van der Waals surface area contributed by atoms with E-state index in [1.165, 1.54) is 0 Å². The van der Waals surface area contributed by atoms with E-state index in [1.807, 2.05) is 6.92 Å². The Kier molecular flexibility index (Phi) is 4.95. The van der Waals surface area contributed by atoms with Gasteiger partial charge in [-0.25, -0.2) is 4.57 Å². The highest BCUT2D eigenvalue weighted by atomic mass is 31.2. The zero-order valence-electron chi connectivity index (χ0n) is 10.4. The zero-order chi connectivity index (χ0) is 12.2. The van der Waals surface area contributed by atoms with Gasteiger partial charge in [0.05, 0.1) is 39.9 Å². The van der Waals surface area contributed by atoms with Crippen molar-refractivity contribution in [3.63, 3.8) is 0 Å². The fourth-order valence-corrected chi connectivity index (χ4v) is 2.84. The lowest BCUT2D eigenvalue weighted by Gasteiger charge is -2.37. The monoisotopic (exact) mass is 252 g/mol. The van der Waals surface area contributed by atoms with E-state index < -0.39 is 7.82 Å². The molecule has 1 heterocycles. The van der Waals surface area contributed by atoms with Crippen molar-refractivity contribution in [1.82, 2.24) is 0 Å². The van der Waals surface area contributed by atoms with Crippen LogP contribution < -0.4 is 0 Å². The number of hydrogen-bond acceptors (Lipinski definition) is 3. The summed E-state index contributed by atoms with van der Waals surface area (Å²) in [5.41, 5.74) is 0. The van der Waals surface area contributed by atoms with Gasteiger partial charge in [-0.15, -0.1) is 0 Å². The van der Waals surface area contributed by atoms with Crippen LogP contribution in [0.2, 0.25) is 0 Å². The van der Waals surface area contributed by atoms with Crippen LogP contribution in [0.15, 0.2) is 0 Å². The first kappa shape index (κ1) is 14.1. The Labute approximate surface area is 97.6 Å². The van der Waals surface area contributed by atoms with Crippen LogP contribution in [-0.2, 0) is 13.6 Å². The van der Waals surface area contributed by atoms with E-state index in [0.717, 1.165) is 30.4 Å². The second-order valence-corrected chi connectivity index (χ2v) is 6.40. The number of phosphoric acid groups is 1. The first-order valence-corrected chi connectivity index (χ1v) is 7.32. The third kappa shape index (κ3) is 4.93. The number of quaternary nitrogens is 1. The first-order valence-electron chi connectivity index (χ1n) is 5.82. The molecule has 1 aliphatic rings. The third-order valence-electron chi connectivity index (χ3n) is 2.85. The van der Waals surface area contributed by atoms with Crippen molar-refractivity contribution in [3.05, 3.63) is 0 Å². The molecule has 1 unspecified atom stereocenters. The standard InChI is InChI=1S/C10H22NO4P/c1-4-9-14-16(12,13)15-10-5-7-11(2,3)8-6-10/h10H,4-9H2,1-3H3/p+1. The Balaban J connectivity index is 2.35. The second kappa shape index (κ2) is 5.61. The van der Waals surface area contributed by atoms with Crippen molar-refractivity contribution in [1.29, 1.82) is 0 Å². The van der Waals surface area contributed by atoms with E-state index in [2.05, 4.69) is 14.1 Å². The van der Waals surface area contributed by atoms with Gasteiger partial charge in [-0.2, -0.15) is 0 Å². The molecule has 1 rings (SSSR count). The predicted octanol–water partition coefficient (Wildman–Crippen LogP) is 1.77. The van der Waals surface area contributed by atoms with Crippen molar-refractivity contribution < 1.29 is 23.0 Å². The van der Waals surface area contributed by atoms with E-state index in [9.17, 15) is 9.46 Å². The Morgan fingerprint density at radius 1 is 1.38 bits per heavy atom. The van der Waals surface area contributed by atoms with Crippen molar-refractivity contribution in [2.45, 2.75) is 32.3 Å². The molecule has 1 saturated heterocycles. The maximum atomic E-state index is 11.5. The highest BCUT2D eigenvalue weighted by molar-refractivity contribution is 7.47. The van der Waals surface area contributed by atoms with Gasteiger partial charge in [-0.3, -0.25) is 9.05 Å². The zero-order valence-corrected chi connectivity index (χ0v) is 11.3. The van der Waals surface area contributed by atoms with E-state index in [0.29, 0.717) is 6.42 Å². The van der Waals surface area contributed by atoms with E-state index >= 15 is 0 Å². The number of nitrogens with zero attached hydrogens (tertiary/aromatic N) is 1. The lowest BCUT2D eigenvalue weighted by Crippen LogP contribution is -2.47.